The summed E-state index contributed by atoms with van der Waals surface area (Å²) in [7, 11) is 5.46. The summed E-state index contributed by atoms with van der Waals surface area (Å²) in [5.74, 6) is -5.68. The van der Waals surface area contributed by atoms with E-state index in [0.29, 0.717) is 13.0 Å². The van der Waals surface area contributed by atoms with Crippen LogP contribution < -0.4 is 0 Å². The van der Waals surface area contributed by atoms with Crippen molar-refractivity contribution in [2.24, 2.45) is 17.8 Å². The maximum absolute atomic E-state index is 14.5. The Kier molecular flexibility index (Phi) is 18.3. The summed E-state index contributed by atoms with van der Waals surface area (Å²) in [4.78, 5) is 55.5. The van der Waals surface area contributed by atoms with Crippen LogP contribution in [0.25, 0.3) is 0 Å². The van der Waals surface area contributed by atoms with Crippen molar-refractivity contribution in [3.05, 3.63) is 0 Å². The molecule has 18 nitrogen and oxygen atoms in total. The highest BCUT2D eigenvalue weighted by Gasteiger charge is 2.55. The standard InChI is InChI=1S/C42H74N2O16/c1-16-30-42(12,52)36(49)24(6)44(15)19-20(2)18-41(11,51)37(60-39-31(48)29(43(13)14)17-21(3)53-39)22(4)32(23(5)38(50)58-30)59-40-35(57-28(10)47)34(56-27(9)46)33(25(7)54-40)55-26(8)45/h20-25,29-37,39-40,48-49,51-52H,16-19H2,1-15H3/t20-,21-,22+,23-,24-,25+,29+,30-,31-,32+,33-,34-,35+,36-,37-,39+,40+,41-,42-/m1/s1. The number of nitrogens with zero attached hydrogens (tertiary/aromatic N) is 2. The fourth-order valence-corrected chi connectivity index (χ4v) is 9.20. The lowest BCUT2D eigenvalue weighted by Crippen LogP contribution is -2.63. The van der Waals surface area contributed by atoms with E-state index < -0.39 is 120 Å². The Morgan fingerprint density at radius 3 is 1.92 bits per heavy atom. The number of esters is 4. The molecule has 3 saturated heterocycles. The second kappa shape index (κ2) is 21.2. The number of hydrogen-bond donors (Lipinski definition) is 4. The van der Waals surface area contributed by atoms with Crippen LogP contribution in [0.5, 0.6) is 0 Å². The van der Waals surface area contributed by atoms with Crippen LogP contribution >= 0.6 is 0 Å². The van der Waals surface area contributed by atoms with Crippen LogP contribution in [0.15, 0.2) is 0 Å². The van der Waals surface area contributed by atoms with E-state index >= 15 is 0 Å². The Hall–Kier alpha value is -2.52. The predicted molar refractivity (Wildman–Crippen MR) is 215 cm³/mol. The molecule has 0 aromatic heterocycles. The van der Waals surface area contributed by atoms with Crippen LogP contribution in [0.4, 0.5) is 0 Å². The van der Waals surface area contributed by atoms with Gasteiger partial charge in [-0.2, -0.15) is 0 Å². The van der Waals surface area contributed by atoms with Gasteiger partial charge in [-0.3, -0.25) is 19.2 Å². The Balaban J connectivity index is 2.29. The Morgan fingerprint density at radius 1 is 0.833 bits per heavy atom. The second-order valence-electron chi connectivity index (χ2n) is 18.2. The third kappa shape index (κ3) is 12.6. The van der Waals surface area contributed by atoms with Gasteiger partial charge in [0.2, 0.25) is 0 Å². The van der Waals surface area contributed by atoms with Crippen molar-refractivity contribution < 1.29 is 77.5 Å². The summed E-state index contributed by atoms with van der Waals surface area (Å²) < 4.78 is 48.7. The number of rotatable bonds is 9. The van der Waals surface area contributed by atoms with E-state index in [-0.39, 0.29) is 30.9 Å². The van der Waals surface area contributed by atoms with E-state index in [4.69, 9.17) is 37.9 Å². The van der Waals surface area contributed by atoms with Crippen LogP contribution in [0.2, 0.25) is 0 Å². The molecule has 3 aliphatic heterocycles. The maximum atomic E-state index is 14.5. The molecule has 3 fully saturated rings. The molecule has 0 aliphatic carbocycles. The van der Waals surface area contributed by atoms with Gasteiger partial charge < -0.3 is 68.1 Å². The van der Waals surface area contributed by atoms with Crippen molar-refractivity contribution in [3.63, 3.8) is 0 Å². The van der Waals surface area contributed by atoms with Gasteiger partial charge in [0.25, 0.3) is 0 Å². The van der Waals surface area contributed by atoms with E-state index in [0.717, 1.165) is 20.8 Å². The minimum atomic E-state index is -1.92. The number of carbonyl (C=O) groups is 4. The Morgan fingerprint density at radius 2 is 1.38 bits per heavy atom. The first-order chi connectivity index (χ1) is 27.6. The van der Waals surface area contributed by atoms with Gasteiger partial charge in [-0.05, 0) is 87.9 Å². The maximum Gasteiger partial charge on any atom is 0.311 e. The zero-order chi connectivity index (χ0) is 45.8. The lowest BCUT2D eigenvalue weighted by atomic mass is 9.77. The second-order valence-corrected chi connectivity index (χ2v) is 18.2. The zero-order valence-electron chi connectivity index (χ0n) is 38.2. The molecule has 0 bridgehead atoms. The first-order valence-corrected chi connectivity index (χ1v) is 21.2. The minimum absolute atomic E-state index is 0.107. The molecule has 3 rings (SSSR count). The van der Waals surface area contributed by atoms with Gasteiger partial charge >= 0.3 is 23.9 Å². The fourth-order valence-electron chi connectivity index (χ4n) is 9.20. The molecule has 0 aromatic rings. The summed E-state index contributed by atoms with van der Waals surface area (Å²) in [6.45, 7) is 18.7. The van der Waals surface area contributed by atoms with Crippen molar-refractivity contribution in [3.8, 4) is 0 Å². The SMILES string of the molecule is CC[C@H]1OC(=O)[C@H](C)[C@@H](O[C@@H]2O[C@@H](C)[C@@H](OC(C)=O)[C@@H](OC(C)=O)[C@@H]2OC(C)=O)[C@H](C)[C@@H](O[C@@H]2O[C@H](C)C[C@H](N(C)C)[C@H]2O)[C@](C)(O)C[C@@H](C)CN(C)[C@H](C)[C@@H](O)[C@]1(C)O. The highest BCUT2D eigenvalue weighted by atomic mass is 16.7. The first kappa shape index (κ1) is 51.8. The number of hydrogen-bond acceptors (Lipinski definition) is 18. The predicted octanol–water partition coefficient (Wildman–Crippen LogP) is 1.54. The molecule has 0 saturated carbocycles. The largest absolute Gasteiger partial charge is 0.459 e. The minimum Gasteiger partial charge on any atom is -0.459 e. The number of carbonyl (C=O) groups excluding carboxylic acids is 4. The molecule has 19 atom stereocenters. The summed E-state index contributed by atoms with van der Waals surface area (Å²) in [6.07, 6.45) is -14.0. The molecule has 60 heavy (non-hydrogen) atoms. The number of cyclic esters (lactones) is 1. The highest BCUT2D eigenvalue weighted by molar-refractivity contribution is 5.73. The molecule has 348 valence electrons. The number of aliphatic hydroxyl groups is 4. The third-order valence-corrected chi connectivity index (χ3v) is 12.3. The van der Waals surface area contributed by atoms with Crippen LogP contribution in [0, 0.1) is 17.8 Å². The summed E-state index contributed by atoms with van der Waals surface area (Å²) in [6, 6.07) is -0.990. The number of likely N-dealkylation sites (N-methyl/N-ethyl adjacent to an activating group) is 2. The molecule has 0 unspecified atom stereocenters. The van der Waals surface area contributed by atoms with Crippen molar-refractivity contribution in [1.82, 2.24) is 9.80 Å². The van der Waals surface area contributed by atoms with Crippen molar-refractivity contribution in [2.45, 2.75) is 199 Å². The molecule has 0 spiro atoms. The summed E-state index contributed by atoms with van der Waals surface area (Å²) in [5.41, 5.74) is -3.64. The molecular weight excluding hydrogens is 788 g/mol. The Bertz CT molecular complexity index is 1450. The van der Waals surface area contributed by atoms with Crippen LogP contribution in [-0.2, 0) is 57.1 Å². The molecule has 0 aromatic carbocycles. The lowest BCUT2D eigenvalue weighted by molar-refractivity contribution is -0.329. The average molecular weight is 863 g/mol. The van der Waals surface area contributed by atoms with Crippen LogP contribution in [-0.4, -0.2) is 179 Å². The quantitative estimate of drug-likeness (QED) is 0.190. The van der Waals surface area contributed by atoms with Gasteiger partial charge in [0, 0.05) is 45.3 Å². The van der Waals surface area contributed by atoms with Gasteiger partial charge in [-0.25, -0.2) is 0 Å². The van der Waals surface area contributed by atoms with Crippen molar-refractivity contribution >= 4 is 23.9 Å². The number of aliphatic hydroxyl groups excluding tert-OH is 2. The highest BCUT2D eigenvalue weighted by Crippen LogP contribution is 2.40. The molecule has 0 amide bonds. The van der Waals surface area contributed by atoms with Crippen molar-refractivity contribution in [1.29, 1.82) is 0 Å². The van der Waals surface area contributed by atoms with E-state index in [1.165, 1.54) is 13.8 Å². The summed E-state index contributed by atoms with van der Waals surface area (Å²) in [5, 5.41) is 47.7. The zero-order valence-corrected chi connectivity index (χ0v) is 38.2. The summed E-state index contributed by atoms with van der Waals surface area (Å²) >= 11 is 0. The topological polar surface area (TPSA) is 230 Å². The smallest absolute Gasteiger partial charge is 0.311 e. The molecule has 0 radical (unpaired) electrons. The molecule has 3 aliphatic rings. The van der Waals surface area contributed by atoms with E-state index in [1.54, 1.807) is 41.7 Å². The first-order valence-electron chi connectivity index (χ1n) is 21.2. The molecule has 18 heteroatoms. The average Bonchev–Trinajstić information content (AvgIpc) is 3.12. The molecule has 4 N–H and O–H groups in total. The van der Waals surface area contributed by atoms with Crippen LogP contribution in [0.3, 0.4) is 0 Å². The van der Waals surface area contributed by atoms with E-state index in [1.807, 2.05) is 37.7 Å². The monoisotopic (exact) mass is 863 g/mol. The number of ether oxygens (including phenoxy) is 8. The van der Waals surface area contributed by atoms with Crippen LogP contribution in [0.1, 0.15) is 102 Å². The molecule has 3 heterocycles. The van der Waals surface area contributed by atoms with E-state index in [9.17, 15) is 39.6 Å². The van der Waals surface area contributed by atoms with E-state index in [2.05, 4.69) is 0 Å². The Labute approximate surface area is 355 Å². The van der Waals surface area contributed by atoms with Gasteiger partial charge in [0.15, 0.2) is 30.9 Å². The van der Waals surface area contributed by atoms with Gasteiger partial charge in [0.1, 0.15) is 23.9 Å². The van der Waals surface area contributed by atoms with Gasteiger partial charge in [0.05, 0.1) is 35.9 Å². The van der Waals surface area contributed by atoms with Gasteiger partial charge in [-0.1, -0.05) is 20.8 Å². The van der Waals surface area contributed by atoms with Crippen molar-refractivity contribution in [2.75, 3.05) is 27.7 Å². The third-order valence-electron chi connectivity index (χ3n) is 12.3. The lowest BCUT2D eigenvalue weighted by Gasteiger charge is -2.48. The fraction of sp³-hybridized carbons (Fsp3) is 0.905. The van der Waals surface area contributed by atoms with Gasteiger partial charge in [-0.15, -0.1) is 0 Å². The normalized spacial score (nSPS) is 44.2. The molecular formula is C42H74N2O16.